The van der Waals surface area contributed by atoms with Crippen molar-refractivity contribution >= 4 is 6.98 Å². The SMILES string of the molecule is COCC[B-](F)(F)F.[K+]. The number of ether oxygens (including phenoxy) is 1. The average molecular weight is 166 g/mol. The van der Waals surface area contributed by atoms with Gasteiger partial charge in [-0.3, -0.25) is 0 Å². The Morgan fingerprint density at radius 3 is 1.89 bits per heavy atom. The molecule has 0 atom stereocenters. The second-order valence-corrected chi connectivity index (χ2v) is 1.49. The number of rotatable bonds is 3. The van der Waals surface area contributed by atoms with Gasteiger partial charge in [-0.2, -0.15) is 0 Å². The predicted molar refractivity (Wildman–Crippen MR) is 25.8 cm³/mol. The van der Waals surface area contributed by atoms with Gasteiger partial charge in [-0.1, -0.05) is 6.32 Å². The van der Waals surface area contributed by atoms with Gasteiger partial charge in [0.1, 0.15) is 0 Å². The van der Waals surface area contributed by atoms with Gasteiger partial charge in [0.15, 0.2) is 0 Å². The van der Waals surface area contributed by atoms with Crippen LogP contribution < -0.4 is 51.4 Å². The fourth-order valence-electron chi connectivity index (χ4n) is 0.251. The maximum Gasteiger partial charge on any atom is 1.00 e. The van der Waals surface area contributed by atoms with Crippen molar-refractivity contribution in [1.29, 1.82) is 0 Å². The summed E-state index contributed by atoms with van der Waals surface area (Å²) in [4.78, 5) is 0. The van der Waals surface area contributed by atoms with Crippen molar-refractivity contribution in [3.05, 3.63) is 0 Å². The van der Waals surface area contributed by atoms with Crippen molar-refractivity contribution in [2.24, 2.45) is 0 Å². The van der Waals surface area contributed by atoms with Gasteiger partial charge >= 0.3 is 58.4 Å². The molecule has 0 rings (SSSR count). The van der Waals surface area contributed by atoms with Gasteiger partial charge in [-0.15, -0.1) is 0 Å². The molecule has 1 nitrogen and oxygen atoms in total. The standard InChI is InChI=1S/C3H7BF3O.K/c1-8-3-2-4(5,6)7;/h2-3H2,1H3;/q-1;+1. The summed E-state index contributed by atoms with van der Waals surface area (Å²) in [6.45, 7) is -4.85. The molecule has 0 spiro atoms. The van der Waals surface area contributed by atoms with Gasteiger partial charge < -0.3 is 17.7 Å². The molecule has 0 saturated carbocycles. The Kier molecular flexibility index (Phi) is 8.98. The molecule has 0 N–H and O–H groups in total. The zero-order valence-electron chi connectivity index (χ0n) is 5.53. The zero-order valence-corrected chi connectivity index (χ0v) is 8.66. The molecule has 9 heavy (non-hydrogen) atoms. The van der Waals surface area contributed by atoms with Crippen LogP contribution in [-0.4, -0.2) is 20.7 Å². The van der Waals surface area contributed by atoms with E-state index in [9.17, 15) is 12.9 Å². The fraction of sp³-hybridized carbons (Fsp3) is 1.00. The molecule has 0 aromatic heterocycles. The molecule has 0 aromatic rings. The van der Waals surface area contributed by atoms with Gasteiger partial charge in [0.25, 0.3) is 0 Å². The number of halogens is 3. The fourth-order valence-corrected chi connectivity index (χ4v) is 0.251. The Morgan fingerprint density at radius 2 is 1.78 bits per heavy atom. The topological polar surface area (TPSA) is 9.23 Å². The quantitative estimate of drug-likeness (QED) is 0.463. The number of methoxy groups -OCH3 is 1. The largest absolute Gasteiger partial charge is 1.00 e. The van der Waals surface area contributed by atoms with Gasteiger partial charge in [0, 0.05) is 13.7 Å². The Balaban J connectivity index is 0. The van der Waals surface area contributed by atoms with E-state index in [1.165, 1.54) is 7.11 Å². The minimum atomic E-state index is -4.63. The van der Waals surface area contributed by atoms with Crippen LogP contribution in [0.15, 0.2) is 0 Å². The first-order valence-electron chi connectivity index (χ1n) is 2.26. The minimum absolute atomic E-state index is 0. The van der Waals surface area contributed by atoms with E-state index in [0.29, 0.717) is 0 Å². The summed E-state index contributed by atoms with van der Waals surface area (Å²) in [7, 11) is 1.25. The molecule has 0 fully saturated rings. The van der Waals surface area contributed by atoms with Crippen LogP contribution in [0.4, 0.5) is 12.9 Å². The molecule has 0 bridgehead atoms. The Morgan fingerprint density at radius 1 is 1.33 bits per heavy atom. The molecule has 0 saturated heterocycles. The van der Waals surface area contributed by atoms with Crippen molar-refractivity contribution in [3.8, 4) is 0 Å². The minimum Gasteiger partial charge on any atom is -0.449 e. The van der Waals surface area contributed by atoms with Gasteiger partial charge in [0.05, 0.1) is 0 Å². The first-order valence-corrected chi connectivity index (χ1v) is 2.26. The summed E-state index contributed by atoms with van der Waals surface area (Å²) >= 11 is 0. The maximum atomic E-state index is 11.2. The first-order chi connectivity index (χ1) is 3.56. The van der Waals surface area contributed by atoms with Gasteiger partial charge in [-0.05, 0) is 0 Å². The number of hydrogen-bond donors (Lipinski definition) is 0. The maximum absolute atomic E-state index is 11.2. The molecule has 0 aliphatic heterocycles. The molecule has 0 aliphatic carbocycles. The molecule has 0 amide bonds. The van der Waals surface area contributed by atoms with Crippen molar-refractivity contribution in [3.63, 3.8) is 0 Å². The van der Waals surface area contributed by atoms with Crippen LogP contribution in [0.25, 0.3) is 0 Å². The molecule has 0 unspecified atom stereocenters. The molecule has 0 heterocycles. The van der Waals surface area contributed by atoms with Crippen molar-refractivity contribution in [1.82, 2.24) is 0 Å². The summed E-state index contributed by atoms with van der Waals surface area (Å²) in [5, 5.41) is 0. The molecule has 0 aromatic carbocycles. The van der Waals surface area contributed by atoms with E-state index in [1.807, 2.05) is 0 Å². The van der Waals surface area contributed by atoms with Crippen LogP contribution in [-0.2, 0) is 4.74 Å². The van der Waals surface area contributed by atoms with E-state index in [-0.39, 0.29) is 58.0 Å². The van der Waals surface area contributed by atoms with E-state index in [1.54, 1.807) is 0 Å². The normalized spacial score (nSPS) is 10.7. The van der Waals surface area contributed by atoms with Crippen molar-refractivity contribution in [2.45, 2.75) is 6.32 Å². The third-order valence-electron chi connectivity index (χ3n) is 0.649. The van der Waals surface area contributed by atoms with Crippen molar-refractivity contribution in [2.75, 3.05) is 13.7 Å². The van der Waals surface area contributed by atoms with E-state index in [0.717, 1.165) is 0 Å². The Labute approximate surface area is 94.8 Å². The molecule has 0 aliphatic rings. The van der Waals surface area contributed by atoms with Crippen molar-refractivity contribution < 1.29 is 69.1 Å². The van der Waals surface area contributed by atoms with Crippen LogP contribution >= 0.6 is 0 Å². The summed E-state index contributed by atoms with van der Waals surface area (Å²) in [5.74, 6) is 0. The molecule has 50 valence electrons. The van der Waals surface area contributed by atoms with Crippen LogP contribution in [0.5, 0.6) is 0 Å². The summed E-state index contributed by atoms with van der Waals surface area (Å²) in [5.41, 5.74) is 0. The van der Waals surface area contributed by atoms with E-state index in [4.69, 9.17) is 0 Å². The molecular weight excluding hydrogens is 159 g/mol. The number of hydrogen-bond acceptors (Lipinski definition) is 1. The van der Waals surface area contributed by atoms with E-state index >= 15 is 0 Å². The van der Waals surface area contributed by atoms with Crippen LogP contribution in [0.1, 0.15) is 0 Å². The molecule has 0 radical (unpaired) electrons. The van der Waals surface area contributed by atoms with Gasteiger partial charge in [0.2, 0.25) is 0 Å². The summed E-state index contributed by atoms with van der Waals surface area (Å²) < 4.78 is 37.9. The van der Waals surface area contributed by atoms with E-state index < -0.39 is 13.3 Å². The monoisotopic (exact) mass is 166 g/mol. The summed E-state index contributed by atoms with van der Waals surface area (Å²) in [6, 6.07) is 0. The van der Waals surface area contributed by atoms with E-state index in [2.05, 4.69) is 4.74 Å². The van der Waals surface area contributed by atoms with Gasteiger partial charge in [-0.25, -0.2) is 0 Å². The third kappa shape index (κ3) is 12.6. The average Bonchev–Trinajstić information content (AvgIpc) is 1.59. The second-order valence-electron chi connectivity index (χ2n) is 1.49. The smallest absolute Gasteiger partial charge is 0.449 e. The van der Waals surface area contributed by atoms with Crippen LogP contribution in [0.3, 0.4) is 0 Å². The Bertz CT molecular complexity index is 66.6. The second kappa shape index (κ2) is 6.18. The summed E-state index contributed by atoms with van der Waals surface area (Å²) in [6.07, 6.45) is -0.795. The zero-order chi connectivity index (χ0) is 6.62. The van der Waals surface area contributed by atoms with Crippen LogP contribution in [0, 0.1) is 0 Å². The third-order valence-corrected chi connectivity index (χ3v) is 0.649. The molecule has 6 heteroatoms. The molecular formula is C3H7BF3KO. The predicted octanol–water partition coefficient (Wildman–Crippen LogP) is -1.52. The first kappa shape index (κ1) is 13.1. The Hall–Kier alpha value is 1.45. The van der Waals surface area contributed by atoms with Crippen LogP contribution in [0.2, 0.25) is 6.32 Å².